The van der Waals surface area contributed by atoms with Crippen LogP contribution in [0.4, 0.5) is 10.5 Å². The monoisotopic (exact) mass is 382 g/mol. The third-order valence-electron chi connectivity index (χ3n) is 4.57. The molecule has 1 aliphatic rings. The van der Waals surface area contributed by atoms with Crippen LogP contribution in [0.5, 0.6) is 0 Å². The Morgan fingerprint density at radius 3 is 2.38 bits per heavy atom. The van der Waals surface area contributed by atoms with Gasteiger partial charge in [-0.25, -0.2) is 13.2 Å². The molecular formula is C17H26N4O4S. The number of urea groups is 1. The maximum absolute atomic E-state index is 12.5. The molecule has 3 amide bonds. The highest BCUT2D eigenvalue weighted by atomic mass is 32.2. The zero-order valence-electron chi connectivity index (χ0n) is 15.1. The molecule has 1 atom stereocenters. The molecule has 1 fully saturated rings. The van der Waals surface area contributed by atoms with Crippen LogP contribution in [0, 0.1) is 5.92 Å². The van der Waals surface area contributed by atoms with E-state index >= 15 is 0 Å². The van der Waals surface area contributed by atoms with E-state index in [-0.39, 0.29) is 16.7 Å². The van der Waals surface area contributed by atoms with Gasteiger partial charge in [-0.1, -0.05) is 13.8 Å². The van der Waals surface area contributed by atoms with Gasteiger partial charge in [0.25, 0.3) is 0 Å². The molecule has 1 aliphatic heterocycles. The van der Waals surface area contributed by atoms with Crippen LogP contribution in [0.25, 0.3) is 0 Å². The van der Waals surface area contributed by atoms with Crippen molar-refractivity contribution in [3.63, 3.8) is 0 Å². The summed E-state index contributed by atoms with van der Waals surface area (Å²) in [7, 11) is -3.52. The predicted molar refractivity (Wildman–Crippen MR) is 99.1 cm³/mol. The molecule has 1 aromatic carbocycles. The van der Waals surface area contributed by atoms with Crippen molar-refractivity contribution in [3.05, 3.63) is 24.3 Å². The van der Waals surface area contributed by atoms with Crippen molar-refractivity contribution in [3.8, 4) is 0 Å². The molecule has 26 heavy (non-hydrogen) atoms. The molecule has 3 N–H and O–H groups in total. The van der Waals surface area contributed by atoms with Gasteiger partial charge in [0.2, 0.25) is 15.9 Å². The number of piperidine rings is 1. The molecule has 0 aliphatic carbocycles. The molecule has 144 valence electrons. The number of hydrogen-bond acceptors (Lipinski definition) is 4. The number of nitrogens with zero attached hydrogens (tertiary/aromatic N) is 2. The van der Waals surface area contributed by atoms with Crippen LogP contribution in [0.1, 0.15) is 26.7 Å². The molecule has 1 aromatic rings. The lowest BCUT2D eigenvalue weighted by atomic mass is 9.97. The average Bonchev–Trinajstić information content (AvgIpc) is 2.63. The standard InChI is InChI=1S/C17H26N4O4S/c1-3-21(4-2)26(24,25)15-9-7-14(8-10-15)19-16(22)13-6-5-11-20(12-13)17(18)23/h7-10,13H,3-6,11-12H2,1-2H3,(H2,18,23)(H,19,22)/t13-/m1/s1. The first-order valence-corrected chi connectivity index (χ1v) is 10.2. The first kappa shape index (κ1) is 20.2. The van der Waals surface area contributed by atoms with Gasteiger partial charge in [0, 0.05) is 31.9 Å². The molecule has 0 bridgehead atoms. The maximum atomic E-state index is 12.5. The van der Waals surface area contributed by atoms with Gasteiger partial charge in [0.15, 0.2) is 0 Å². The number of amides is 3. The number of nitrogens with one attached hydrogen (secondary N) is 1. The van der Waals surface area contributed by atoms with Crippen LogP contribution in [0.3, 0.4) is 0 Å². The fourth-order valence-corrected chi connectivity index (χ4v) is 4.52. The van der Waals surface area contributed by atoms with Crippen molar-refractivity contribution >= 4 is 27.6 Å². The van der Waals surface area contributed by atoms with E-state index in [9.17, 15) is 18.0 Å². The molecule has 9 heteroatoms. The summed E-state index contributed by atoms with van der Waals surface area (Å²) in [5.41, 5.74) is 5.80. The summed E-state index contributed by atoms with van der Waals surface area (Å²) < 4.78 is 26.3. The predicted octanol–water partition coefficient (Wildman–Crippen LogP) is 1.45. The number of nitrogens with two attached hydrogens (primary N) is 1. The minimum Gasteiger partial charge on any atom is -0.351 e. The molecule has 0 radical (unpaired) electrons. The van der Waals surface area contributed by atoms with Crippen molar-refractivity contribution < 1.29 is 18.0 Å². The maximum Gasteiger partial charge on any atom is 0.314 e. The first-order valence-electron chi connectivity index (χ1n) is 8.75. The van der Waals surface area contributed by atoms with Crippen LogP contribution in [-0.4, -0.2) is 55.7 Å². The van der Waals surface area contributed by atoms with Gasteiger partial charge in [0.1, 0.15) is 0 Å². The SMILES string of the molecule is CCN(CC)S(=O)(=O)c1ccc(NC(=O)[C@@H]2CCCN(C(N)=O)C2)cc1. The van der Waals surface area contributed by atoms with E-state index in [4.69, 9.17) is 5.73 Å². The summed E-state index contributed by atoms with van der Waals surface area (Å²) in [4.78, 5) is 25.3. The largest absolute Gasteiger partial charge is 0.351 e. The number of carbonyl (C=O) groups is 2. The number of likely N-dealkylation sites (tertiary alicyclic amines) is 1. The second kappa shape index (κ2) is 8.50. The summed E-state index contributed by atoms with van der Waals surface area (Å²) in [6.07, 6.45) is 1.41. The molecule has 0 saturated carbocycles. The number of rotatable bonds is 6. The summed E-state index contributed by atoms with van der Waals surface area (Å²) >= 11 is 0. The van der Waals surface area contributed by atoms with Crippen LogP contribution in [0.15, 0.2) is 29.2 Å². The molecule has 2 rings (SSSR count). The second-order valence-corrected chi connectivity index (χ2v) is 8.16. The molecule has 1 heterocycles. The molecule has 8 nitrogen and oxygen atoms in total. The third kappa shape index (κ3) is 4.53. The van der Waals surface area contributed by atoms with Crippen molar-refractivity contribution in [1.82, 2.24) is 9.21 Å². The summed E-state index contributed by atoms with van der Waals surface area (Å²) in [5, 5.41) is 2.78. The highest BCUT2D eigenvalue weighted by Gasteiger charge is 2.27. The van der Waals surface area contributed by atoms with Gasteiger partial charge in [-0.15, -0.1) is 0 Å². The molecule has 0 unspecified atom stereocenters. The fourth-order valence-electron chi connectivity index (χ4n) is 3.06. The van der Waals surface area contributed by atoms with Crippen LogP contribution < -0.4 is 11.1 Å². The topological polar surface area (TPSA) is 113 Å². The van der Waals surface area contributed by atoms with E-state index in [1.54, 1.807) is 26.0 Å². The summed E-state index contributed by atoms with van der Waals surface area (Å²) in [6, 6.07) is 5.60. The molecule has 1 saturated heterocycles. The van der Waals surface area contributed by atoms with Crippen molar-refractivity contribution in [2.75, 3.05) is 31.5 Å². The Kier molecular flexibility index (Phi) is 6.60. The number of sulfonamides is 1. The Hall–Kier alpha value is -2.13. The Balaban J connectivity index is 2.05. The van der Waals surface area contributed by atoms with Gasteiger partial charge in [-0.05, 0) is 37.1 Å². The normalized spacial score (nSPS) is 18.0. The van der Waals surface area contributed by atoms with E-state index in [0.29, 0.717) is 38.3 Å². The van der Waals surface area contributed by atoms with Crippen molar-refractivity contribution in [2.24, 2.45) is 11.7 Å². The van der Waals surface area contributed by atoms with E-state index in [1.165, 1.54) is 21.3 Å². The third-order valence-corrected chi connectivity index (χ3v) is 6.63. The Morgan fingerprint density at radius 2 is 1.85 bits per heavy atom. The van der Waals surface area contributed by atoms with Crippen LogP contribution in [-0.2, 0) is 14.8 Å². The summed E-state index contributed by atoms with van der Waals surface area (Å²) in [5.74, 6) is -0.523. The first-order chi connectivity index (χ1) is 12.3. The quantitative estimate of drug-likeness (QED) is 0.775. The highest BCUT2D eigenvalue weighted by Crippen LogP contribution is 2.21. The zero-order valence-corrected chi connectivity index (χ0v) is 16.0. The lowest BCUT2D eigenvalue weighted by Gasteiger charge is -2.30. The lowest BCUT2D eigenvalue weighted by Crippen LogP contribution is -2.46. The van der Waals surface area contributed by atoms with Crippen LogP contribution >= 0.6 is 0 Å². The van der Waals surface area contributed by atoms with Gasteiger partial charge in [-0.3, -0.25) is 4.79 Å². The van der Waals surface area contributed by atoms with Gasteiger partial charge < -0.3 is 16.0 Å². The summed E-state index contributed by atoms with van der Waals surface area (Å²) in [6.45, 7) is 5.24. The zero-order chi connectivity index (χ0) is 19.3. The van der Waals surface area contributed by atoms with Gasteiger partial charge in [0.05, 0.1) is 10.8 Å². The smallest absolute Gasteiger partial charge is 0.314 e. The average molecular weight is 382 g/mol. The fraction of sp³-hybridized carbons (Fsp3) is 0.529. The van der Waals surface area contributed by atoms with E-state index in [1.807, 2.05) is 0 Å². The molecule has 0 aromatic heterocycles. The van der Waals surface area contributed by atoms with Gasteiger partial charge >= 0.3 is 6.03 Å². The van der Waals surface area contributed by atoms with Crippen molar-refractivity contribution in [2.45, 2.75) is 31.6 Å². The van der Waals surface area contributed by atoms with E-state index < -0.39 is 16.1 Å². The number of carbonyl (C=O) groups excluding carboxylic acids is 2. The number of hydrogen-bond donors (Lipinski definition) is 2. The Labute approximate surface area is 154 Å². The van der Waals surface area contributed by atoms with Crippen molar-refractivity contribution in [1.29, 1.82) is 0 Å². The lowest BCUT2D eigenvalue weighted by molar-refractivity contribution is -0.121. The van der Waals surface area contributed by atoms with E-state index in [2.05, 4.69) is 5.32 Å². The van der Waals surface area contributed by atoms with Gasteiger partial charge in [-0.2, -0.15) is 4.31 Å². The second-order valence-electron chi connectivity index (χ2n) is 6.23. The number of benzene rings is 1. The van der Waals surface area contributed by atoms with E-state index in [0.717, 1.165) is 6.42 Å². The highest BCUT2D eigenvalue weighted by molar-refractivity contribution is 7.89. The number of primary amides is 1. The molecular weight excluding hydrogens is 356 g/mol. The molecule has 0 spiro atoms. The Morgan fingerprint density at radius 1 is 1.23 bits per heavy atom. The number of anilines is 1. The minimum absolute atomic E-state index is 0.191. The minimum atomic E-state index is -3.52. The van der Waals surface area contributed by atoms with Crippen LogP contribution in [0.2, 0.25) is 0 Å². The Bertz CT molecular complexity index is 745.